The smallest absolute Gasteiger partial charge is 0.335 e. The lowest BCUT2D eigenvalue weighted by atomic mass is 9.99. The van der Waals surface area contributed by atoms with E-state index in [1.54, 1.807) is 12.1 Å². The van der Waals surface area contributed by atoms with E-state index in [0.717, 1.165) is 5.56 Å². The predicted molar refractivity (Wildman–Crippen MR) is 118 cm³/mol. The molecule has 184 valence electrons. The minimum Gasteiger partial charge on any atom is -0.481 e. The maximum atomic E-state index is 11.3. The number of carbonyl (C=O) groups is 2. The van der Waals surface area contributed by atoms with Gasteiger partial charge in [-0.05, 0) is 24.3 Å². The Kier molecular flexibility index (Phi) is 7.12. The van der Waals surface area contributed by atoms with Crippen LogP contribution in [0.25, 0.3) is 22.6 Å². The van der Waals surface area contributed by atoms with Gasteiger partial charge in [-0.3, -0.25) is 4.79 Å². The summed E-state index contributed by atoms with van der Waals surface area (Å²) in [5.74, 6) is -1.55. The van der Waals surface area contributed by atoms with Crippen molar-refractivity contribution in [3.63, 3.8) is 0 Å². The number of ether oxygens (including phenoxy) is 2. The molecular weight excluding hydrogens is 462 g/mol. The number of aliphatic hydroxyl groups is 3. The van der Waals surface area contributed by atoms with E-state index >= 15 is 0 Å². The Bertz CT molecular complexity index is 1180. The number of carboxylic acids is 2. The SMILES string of the molecule is O=C(O)CCc1nc(-c2ccc(OC3O[C@H](C(=O)O)[C@@H](O)[C@H](O)[C@H]3O)cc2)c(-c2ccccc2)o1. The number of aromatic nitrogens is 1. The van der Waals surface area contributed by atoms with Gasteiger partial charge in [0.2, 0.25) is 6.29 Å². The van der Waals surface area contributed by atoms with Gasteiger partial charge in [-0.2, -0.15) is 0 Å². The summed E-state index contributed by atoms with van der Waals surface area (Å²) in [5.41, 5.74) is 1.87. The average Bonchev–Trinajstić information content (AvgIpc) is 3.28. The van der Waals surface area contributed by atoms with Crippen LogP contribution >= 0.6 is 0 Å². The summed E-state index contributed by atoms with van der Waals surface area (Å²) >= 11 is 0. The highest BCUT2D eigenvalue weighted by Gasteiger charge is 2.48. The van der Waals surface area contributed by atoms with Crippen molar-refractivity contribution in [2.45, 2.75) is 43.5 Å². The van der Waals surface area contributed by atoms with E-state index in [4.69, 9.17) is 24.1 Å². The van der Waals surface area contributed by atoms with E-state index in [1.165, 1.54) is 12.1 Å². The third kappa shape index (κ3) is 5.33. The van der Waals surface area contributed by atoms with Gasteiger partial charge in [0.05, 0.1) is 6.42 Å². The van der Waals surface area contributed by atoms with Crippen LogP contribution in [0.3, 0.4) is 0 Å². The van der Waals surface area contributed by atoms with Crippen molar-refractivity contribution in [2.75, 3.05) is 0 Å². The van der Waals surface area contributed by atoms with E-state index in [2.05, 4.69) is 4.98 Å². The van der Waals surface area contributed by atoms with Crippen LogP contribution in [0, 0.1) is 0 Å². The summed E-state index contributed by atoms with van der Waals surface area (Å²) in [4.78, 5) is 26.7. The van der Waals surface area contributed by atoms with Crippen LogP contribution in [0.15, 0.2) is 59.0 Å². The molecular formula is C24H23NO10. The summed E-state index contributed by atoms with van der Waals surface area (Å²) in [7, 11) is 0. The number of aryl methyl sites for hydroxylation is 1. The largest absolute Gasteiger partial charge is 0.481 e. The number of hydrogen-bond donors (Lipinski definition) is 5. The van der Waals surface area contributed by atoms with Gasteiger partial charge in [0.15, 0.2) is 17.8 Å². The van der Waals surface area contributed by atoms with Crippen molar-refractivity contribution in [2.24, 2.45) is 0 Å². The lowest BCUT2D eigenvalue weighted by molar-refractivity contribution is -0.271. The second kappa shape index (κ2) is 10.2. The van der Waals surface area contributed by atoms with Crippen LogP contribution in [0.2, 0.25) is 0 Å². The van der Waals surface area contributed by atoms with Crippen LogP contribution in [-0.4, -0.2) is 73.2 Å². The van der Waals surface area contributed by atoms with Crippen molar-refractivity contribution >= 4 is 11.9 Å². The molecule has 1 fully saturated rings. The van der Waals surface area contributed by atoms with E-state index in [9.17, 15) is 24.9 Å². The average molecular weight is 485 g/mol. The molecule has 5 N–H and O–H groups in total. The van der Waals surface area contributed by atoms with Crippen molar-refractivity contribution < 1.29 is 49.0 Å². The van der Waals surface area contributed by atoms with Crippen LogP contribution in [0.4, 0.5) is 0 Å². The fraction of sp³-hybridized carbons (Fsp3) is 0.292. The molecule has 11 heteroatoms. The second-order valence-electron chi connectivity index (χ2n) is 7.92. The fourth-order valence-corrected chi connectivity index (χ4v) is 3.64. The van der Waals surface area contributed by atoms with Gasteiger partial charge >= 0.3 is 11.9 Å². The number of carboxylic acid groups (broad SMARTS) is 2. The molecule has 2 heterocycles. The lowest BCUT2D eigenvalue weighted by Gasteiger charge is -2.38. The van der Waals surface area contributed by atoms with Gasteiger partial charge in [0.1, 0.15) is 29.8 Å². The van der Waals surface area contributed by atoms with Crippen molar-refractivity contribution in [1.82, 2.24) is 4.98 Å². The Labute approximate surface area is 198 Å². The standard InChI is InChI=1S/C24H23NO10/c26-16(27)11-10-15-25-17(21(34-15)13-4-2-1-3-5-13)12-6-8-14(9-7-12)33-24-20(30)18(28)19(29)22(35-24)23(31)32/h1-9,18-20,22,24,28-30H,10-11H2,(H,26,27)(H,31,32)/t18-,19-,20+,22-,24?/m0/s1. The maximum absolute atomic E-state index is 11.3. The van der Waals surface area contributed by atoms with E-state index in [1.807, 2.05) is 30.3 Å². The third-order valence-electron chi connectivity index (χ3n) is 5.45. The molecule has 4 rings (SSSR count). The van der Waals surface area contributed by atoms with Crippen molar-refractivity contribution in [3.05, 3.63) is 60.5 Å². The first kappa shape index (κ1) is 24.4. The number of oxazole rings is 1. The predicted octanol–water partition coefficient (Wildman–Crippen LogP) is 1.30. The zero-order valence-electron chi connectivity index (χ0n) is 18.2. The molecule has 0 spiro atoms. The van der Waals surface area contributed by atoms with Crippen LogP contribution in [0.1, 0.15) is 12.3 Å². The zero-order chi connectivity index (χ0) is 25.1. The Hall–Kier alpha value is -3.77. The second-order valence-corrected chi connectivity index (χ2v) is 7.92. The molecule has 0 amide bonds. The zero-order valence-corrected chi connectivity index (χ0v) is 18.2. The number of hydrogen-bond acceptors (Lipinski definition) is 9. The minimum absolute atomic E-state index is 0.117. The molecule has 0 saturated carbocycles. The molecule has 0 aliphatic carbocycles. The molecule has 35 heavy (non-hydrogen) atoms. The molecule has 1 aliphatic rings. The van der Waals surface area contributed by atoms with Gasteiger partial charge in [0, 0.05) is 17.5 Å². The Morgan fingerprint density at radius 1 is 0.886 bits per heavy atom. The molecule has 1 saturated heterocycles. The highest BCUT2D eigenvalue weighted by atomic mass is 16.7. The maximum Gasteiger partial charge on any atom is 0.335 e. The van der Waals surface area contributed by atoms with Gasteiger partial charge in [0.25, 0.3) is 0 Å². The minimum atomic E-state index is -1.82. The molecule has 1 aliphatic heterocycles. The van der Waals surface area contributed by atoms with Crippen molar-refractivity contribution in [1.29, 1.82) is 0 Å². The van der Waals surface area contributed by atoms with Gasteiger partial charge in [-0.25, -0.2) is 9.78 Å². The molecule has 1 aromatic heterocycles. The number of benzene rings is 2. The molecule has 3 aromatic rings. The highest BCUT2D eigenvalue weighted by molar-refractivity contribution is 5.77. The van der Waals surface area contributed by atoms with E-state index in [-0.39, 0.29) is 24.5 Å². The number of nitrogens with zero attached hydrogens (tertiary/aromatic N) is 1. The monoisotopic (exact) mass is 485 g/mol. The van der Waals surface area contributed by atoms with Crippen LogP contribution in [-0.2, 0) is 20.7 Å². The number of aliphatic hydroxyl groups excluding tert-OH is 3. The first-order chi connectivity index (χ1) is 16.7. The molecule has 5 atom stereocenters. The first-order valence-electron chi connectivity index (χ1n) is 10.7. The van der Waals surface area contributed by atoms with Crippen LogP contribution in [0.5, 0.6) is 5.75 Å². The van der Waals surface area contributed by atoms with Crippen LogP contribution < -0.4 is 4.74 Å². The Balaban J connectivity index is 1.57. The summed E-state index contributed by atoms with van der Waals surface area (Å²) in [5, 5.41) is 48.0. The van der Waals surface area contributed by atoms with E-state index in [0.29, 0.717) is 17.0 Å². The molecule has 2 aromatic carbocycles. The van der Waals surface area contributed by atoms with E-state index < -0.39 is 42.6 Å². The summed E-state index contributed by atoms with van der Waals surface area (Å²) in [6, 6.07) is 15.5. The Morgan fingerprint density at radius 3 is 2.20 bits per heavy atom. The Morgan fingerprint density at radius 2 is 1.57 bits per heavy atom. The van der Waals surface area contributed by atoms with Gasteiger partial charge in [-0.15, -0.1) is 0 Å². The third-order valence-corrected chi connectivity index (χ3v) is 5.45. The highest BCUT2D eigenvalue weighted by Crippen LogP contribution is 2.34. The lowest BCUT2D eigenvalue weighted by Crippen LogP contribution is -2.61. The summed E-state index contributed by atoms with van der Waals surface area (Å²) < 4.78 is 16.5. The van der Waals surface area contributed by atoms with Gasteiger partial charge in [-0.1, -0.05) is 30.3 Å². The molecule has 11 nitrogen and oxygen atoms in total. The number of rotatable bonds is 8. The van der Waals surface area contributed by atoms with Crippen molar-refractivity contribution in [3.8, 4) is 28.3 Å². The summed E-state index contributed by atoms with van der Waals surface area (Å²) in [6.07, 6.45) is -8.60. The normalized spacial score (nSPS) is 24.1. The summed E-state index contributed by atoms with van der Waals surface area (Å²) in [6.45, 7) is 0. The fourth-order valence-electron chi connectivity index (χ4n) is 3.64. The molecule has 1 unspecified atom stereocenters. The topological polar surface area (TPSA) is 180 Å². The molecule has 0 radical (unpaired) electrons. The quantitative estimate of drug-likeness (QED) is 0.310. The first-order valence-corrected chi connectivity index (χ1v) is 10.7. The number of aliphatic carboxylic acids is 2. The van der Waals surface area contributed by atoms with Gasteiger partial charge < -0.3 is 39.4 Å². The molecule has 0 bridgehead atoms.